The molecule has 2 aliphatic rings. The lowest BCUT2D eigenvalue weighted by Gasteiger charge is -2.35. The van der Waals surface area contributed by atoms with E-state index >= 15 is 0 Å². The molecule has 0 bridgehead atoms. The third-order valence-electron chi connectivity index (χ3n) is 4.59. The maximum Gasteiger partial charge on any atom is 0.416 e. The van der Waals surface area contributed by atoms with Gasteiger partial charge in [0.15, 0.2) is 0 Å². The number of likely N-dealkylation sites (tertiary alicyclic amines) is 1. The van der Waals surface area contributed by atoms with E-state index in [1.54, 1.807) is 11.1 Å². The van der Waals surface area contributed by atoms with E-state index in [1.165, 1.54) is 0 Å². The molecule has 1 aromatic rings. The van der Waals surface area contributed by atoms with E-state index in [9.17, 15) is 9.59 Å². The zero-order valence-corrected chi connectivity index (χ0v) is 15.3. The second-order valence-corrected chi connectivity index (χ2v) is 7.85. The fraction of sp³-hybridized carbons (Fsp3) is 0.632. The first-order valence-electron chi connectivity index (χ1n) is 9.09. The van der Waals surface area contributed by atoms with Crippen LogP contribution in [0.25, 0.3) is 0 Å². The van der Waals surface area contributed by atoms with Gasteiger partial charge in [-0.05, 0) is 58.9 Å². The number of nitrogens with zero attached hydrogens (tertiary/aromatic N) is 3. The van der Waals surface area contributed by atoms with Crippen molar-refractivity contribution in [3.63, 3.8) is 0 Å². The standard InChI is InChI=1S/C19H27N3O3/c1-19(2,3)25-18(24)22(14-9-10-14)17-15(7-6-11-20-17)16-8-4-5-12-21(16)13-23/h6-7,11,13-14,16H,4-5,8-10,12H2,1-3H3. The van der Waals surface area contributed by atoms with E-state index in [2.05, 4.69) is 4.98 Å². The van der Waals surface area contributed by atoms with Crippen LogP contribution in [0.2, 0.25) is 0 Å². The molecule has 25 heavy (non-hydrogen) atoms. The van der Waals surface area contributed by atoms with Gasteiger partial charge in [0.05, 0.1) is 6.04 Å². The lowest BCUT2D eigenvalue weighted by atomic mass is 9.96. The van der Waals surface area contributed by atoms with Crippen LogP contribution < -0.4 is 4.90 Å². The van der Waals surface area contributed by atoms with Crippen LogP contribution >= 0.6 is 0 Å². The Bertz CT molecular complexity index is 637. The molecule has 1 aromatic heterocycles. The van der Waals surface area contributed by atoms with Gasteiger partial charge in [-0.15, -0.1) is 0 Å². The number of rotatable bonds is 4. The van der Waals surface area contributed by atoms with Crippen molar-refractivity contribution in [1.82, 2.24) is 9.88 Å². The van der Waals surface area contributed by atoms with Gasteiger partial charge in [0.1, 0.15) is 11.4 Å². The molecule has 0 radical (unpaired) electrons. The van der Waals surface area contributed by atoms with Crippen molar-refractivity contribution in [3.05, 3.63) is 23.9 Å². The highest BCUT2D eigenvalue weighted by Crippen LogP contribution is 2.39. The predicted molar refractivity (Wildman–Crippen MR) is 95.3 cm³/mol. The molecule has 1 saturated heterocycles. The SMILES string of the molecule is CC(C)(C)OC(=O)N(c1ncccc1C1CCCCN1C=O)C1CC1. The molecule has 0 N–H and O–H groups in total. The molecule has 2 amide bonds. The van der Waals surface area contributed by atoms with Crippen molar-refractivity contribution >= 4 is 18.3 Å². The van der Waals surface area contributed by atoms with Gasteiger partial charge in [-0.1, -0.05) is 6.07 Å². The number of hydrogen-bond acceptors (Lipinski definition) is 4. The first kappa shape index (κ1) is 17.7. The number of ether oxygens (including phenoxy) is 1. The van der Waals surface area contributed by atoms with Gasteiger partial charge < -0.3 is 9.64 Å². The summed E-state index contributed by atoms with van der Waals surface area (Å²) in [6, 6.07) is 3.96. The summed E-state index contributed by atoms with van der Waals surface area (Å²) in [4.78, 5) is 32.3. The highest BCUT2D eigenvalue weighted by molar-refractivity contribution is 5.89. The molecule has 1 aliphatic heterocycles. The van der Waals surface area contributed by atoms with Gasteiger partial charge in [0, 0.05) is 24.3 Å². The number of amides is 2. The zero-order valence-electron chi connectivity index (χ0n) is 15.3. The maximum atomic E-state index is 12.8. The average Bonchev–Trinajstić information content (AvgIpc) is 3.39. The Morgan fingerprint density at radius 1 is 1.32 bits per heavy atom. The molecule has 1 unspecified atom stereocenters. The van der Waals surface area contributed by atoms with E-state index in [0.717, 1.165) is 50.6 Å². The predicted octanol–water partition coefficient (Wildman–Crippen LogP) is 3.67. The molecular formula is C19H27N3O3. The fourth-order valence-electron chi connectivity index (χ4n) is 3.34. The minimum Gasteiger partial charge on any atom is -0.443 e. The van der Waals surface area contributed by atoms with Crippen molar-refractivity contribution < 1.29 is 14.3 Å². The molecule has 0 aromatic carbocycles. The Morgan fingerprint density at radius 2 is 2.08 bits per heavy atom. The van der Waals surface area contributed by atoms with E-state index in [4.69, 9.17) is 4.74 Å². The van der Waals surface area contributed by atoms with Crippen molar-refractivity contribution in [2.45, 2.75) is 70.6 Å². The number of aromatic nitrogens is 1. The molecule has 6 heteroatoms. The summed E-state index contributed by atoms with van der Waals surface area (Å²) in [5, 5.41) is 0. The number of piperidine rings is 1. The number of anilines is 1. The number of carbonyl (C=O) groups is 2. The Kier molecular flexibility index (Phi) is 4.97. The van der Waals surface area contributed by atoms with Crippen LogP contribution in [-0.2, 0) is 9.53 Å². The average molecular weight is 345 g/mol. The first-order chi connectivity index (χ1) is 11.9. The number of pyridine rings is 1. The van der Waals surface area contributed by atoms with Crippen LogP contribution in [0.15, 0.2) is 18.3 Å². The van der Waals surface area contributed by atoms with Gasteiger partial charge in [0.25, 0.3) is 0 Å². The van der Waals surface area contributed by atoms with Crippen LogP contribution in [0.5, 0.6) is 0 Å². The highest BCUT2D eigenvalue weighted by atomic mass is 16.6. The summed E-state index contributed by atoms with van der Waals surface area (Å²) in [6.45, 7) is 6.35. The lowest BCUT2D eigenvalue weighted by molar-refractivity contribution is -0.121. The van der Waals surface area contributed by atoms with Gasteiger partial charge in [-0.2, -0.15) is 0 Å². The summed E-state index contributed by atoms with van der Waals surface area (Å²) >= 11 is 0. The van der Waals surface area contributed by atoms with E-state index in [1.807, 2.05) is 37.8 Å². The summed E-state index contributed by atoms with van der Waals surface area (Å²) in [7, 11) is 0. The topological polar surface area (TPSA) is 62.7 Å². The van der Waals surface area contributed by atoms with E-state index in [-0.39, 0.29) is 18.2 Å². The molecule has 136 valence electrons. The van der Waals surface area contributed by atoms with Crippen LogP contribution in [-0.4, -0.2) is 40.6 Å². The quantitative estimate of drug-likeness (QED) is 0.781. The van der Waals surface area contributed by atoms with Crippen molar-refractivity contribution in [2.75, 3.05) is 11.4 Å². The number of hydrogen-bond donors (Lipinski definition) is 0. The van der Waals surface area contributed by atoms with Gasteiger partial charge >= 0.3 is 6.09 Å². The van der Waals surface area contributed by atoms with Crippen molar-refractivity contribution in [1.29, 1.82) is 0 Å². The van der Waals surface area contributed by atoms with Crippen molar-refractivity contribution in [2.24, 2.45) is 0 Å². The summed E-state index contributed by atoms with van der Waals surface area (Å²) < 4.78 is 5.61. The smallest absolute Gasteiger partial charge is 0.416 e. The highest BCUT2D eigenvalue weighted by Gasteiger charge is 2.39. The molecule has 6 nitrogen and oxygen atoms in total. The number of carbonyl (C=O) groups excluding carboxylic acids is 2. The third kappa shape index (κ3) is 4.11. The van der Waals surface area contributed by atoms with E-state index < -0.39 is 5.60 Å². The van der Waals surface area contributed by atoms with Crippen LogP contribution in [0.3, 0.4) is 0 Å². The lowest BCUT2D eigenvalue weighted by Crippen LogP contribution is -2.40. The molecule has 2 heterocycles. The maximum absolute atomic E-state index is 12.8. The summed E-state index contributed by atoms with van der Waals surface area (Å²) in [6.07, 6.45) is 7.15. The molecule has 1 atom stereocenters. The normalized spacial score (nSPS) is 20.9. The van der Waals surface area contributed by atoms with Crippen LogP contribution in [0, 0.1) is 0 Å². The summed E-state index contributed by atoms with van der Waals surface area (Å²) in [5.41, 5.74) is 0.380. The van der Waals surface area contributed by atoms with Crippen molar-refractivity contribution in [3.8, 4) is 0 Å². The minimum absolute atomic E-state index is 0.0290. The van der Waals surface area contributed by atoms with E-state index in [0.29, 0.717) is 5.82 Å². The molecule has 1 aliphatic carbocycles. The molecule has 0 spiro atoms. The zero-order chi connectivity index (χ0) is 18.0. The Morgan fingerprint density at radius 3 is 2.72 bits per heavy atom. The van der Waals surface area contributed by atoms with Gasteiger partial charge in [-0.3, -0.25) is 9.69 Å². The molecule has 3 rings (SSSR count). The monoisotopic (exact) mass is 345 g/mol. The van der Waals surface area contributed by atoms with Crippen LogP contribution in [0.4, 0.5) is 10.6 Å². The second-order valence-electron chi connectivity index (χ2n) is 7.85. The Hall–Kier alpha value is -2.11. The Labute approximate surface area is 149 Å². The van der Waals surface area contributed by atoms with Gasteiger partial charge in [0.2, 0.25) is 6.41 Å². The first-order valence-corrected chi connectivity index (χ1v) is 9.09. The molecule has 1 saturated carbocycles. The van der Waals surface area contributed by atoms with Crippen LogP contribution in [0.1, 0.15) is 64.5 Å². The molecular weight excluding hydrogens is 318 g/mol. The summed E-state index contributed by atoms with van der Waals surface area (Å²) in [5.74, 6) is 0.637. The van der Waals surface area contributed by atoms with Gasteiger partial charge in [-0.25, -0.2) is 9.78 Å². The Balaban J connectivity index is 1.94. The molecule has 2 fully saturated rings. The fourth-order valence-corrected chi connectivity index (χ4v) is 3.34. The second kappa shape index (κ2) is 7.02. The third-order valence-corrected chi connectivity index (χ3v) is 4.59. The minimum atomic E-state index is -0.557. The largest absolute Gasteiger partial charge is 0.443 e.